The molecule has 162 valence electrons. The van der Waals surface area contributed by atoms with E-state index in [4.69, 9.17) is 10.5 Å². The van der Waals surface area contributed by atoms with Crippen LogP contribution in [0.1, 0.15) is 15.9 Å². The summed E-state index contributed by atoms with van der Waals surface area (Å²) < 4.78 is 7.50. The molecular formula is C20H21N5O5S. The maximum Gasteiger partial charge on any atom is 0.332 e. The summed E-state index contributed by atoms with van der Waals surface area (Å²) >= 11 is 1.15. The first-order valence-corrected chi connectivity index (χ1v) is 10.1. The Morgan fingerprint density at radius 2 is 1.84 bits per heavy atom. The normalized spacial score (nSPS) is 10.9. The Balaban J connectivity index is 1.91. The quantitative estimate of drug-likeness (QED) is 0.510. The van der Waals surface area contributed by atoms with Crippen LogP contribution >= 0.6 is 11.8 Å². The molecule has 0 spiro atoms. The molecule has 3 N–H and O–H groups in total. The zero-order valence-corrected chi connectivity index (χ0v) is 18.0. The molecule has 1 aromatic carbocycles. The highest BCUT2D eigenvalue weighted by atomic mass is 32.2. The third-order valence-corrected chi connectivity index (χ3v) is 5.76. The highest BCUT2D eigenvalue weighted by molar-refractivity contribution is 8.00. The zero-order chi connectivity index (χ0) is 22.7. The van der Waals surface area contributed by atoms with Crippen molar-refractivity contribution in [2.45, 2.75) is 11.5 Å². The lowest BCUT2D eigenvalue weighted by Gasteiger charge is -2.14. The number of hydrogen-bond acceptors (Lipinski definition) is 7. The van der Waals surface area contributed by atoms with Crippen molar-refractivity contribution < 1.29 is 14.3 Å². The fourth-order valence-corrected chi connectivity index (χ4v) is 3.98. The number of ether oxygens (including phenoxy) is 1. The lowest BCUT2D eigenvalue weighted by molar-refractivity contribution is -0.113. The van der Waals surface area contributed by atoms with Gasteiger partial charge in [0.25, 0.3) is 5.56 Å². The first-order valence-electron chi connectivity index (χ1n) is 9.13. The van der Waals surface area contributed by atoms with Gasteiger partial charge in [-0.3, -0.25) is 23.5 Å². The number of benzene rings is 1. The number of anilines is 1. The van der Waals surface area contributed by atoms with Gasteiger partial charge in [0.2, 0.25) is 11.8 Å². The Bertz CT molecular complexity index is 1280. The van der Waals surface area contributed by atoms with Crippen LogP contribution < -0.4 is 22.3 Å². The van der Waals surface area contributed by atoms with E-state index in [0.29, 0.717) is 21.7 Å². The van der Waals surface area contributed by atoms with Gasteiger partial charge in [0, 0.05) is 49.1 Å². The largest absolute Gasteiger partial charge is 0.380 e. The molecule has 0 atom stereocenters. The van der Waals surface area contributed by atoms with E-state index in [0.717, 1.165) is 16.3 Å². The van der Waals surface area contributed by atoms with Gasteiger partial charge in [0.15, 0.2) is 0 Å². The number of amides is 2. The van der Waals surface area contributed by atoms with Crippen molar-refractivity contribution in [3.05, 3.63) is 62.4 Å². The molecule has 31 heavy (non-hydrogen) atoms. The van der Waals surface area contributed by atoms with Gasteiger partial charge < -0.3 is 15.8 Å². The highest BCUT2D eigenvalue weighted by Gasteiger charge is 2.18. The van der Waals surface area contributed by atoms with E-state index in [1.54, 1.807) is 12.1 Å². The maximum atomic E-state index is 12.8. The van der Waals surface area contributed by atoms with Crippen LogP contribution in [0.3, 0.4) is 0 Å². The van der Waals surface area contributed by atoms with Crippen LogP contribution in [0, 0.1) is 0 Å². The number of thioether (sulfide) groups is 1. The van der Waals surface area contributed by atoms with Gasteiger partial charge in [-0.05, 0) is 24.3 Å². The number of nitrogens with two attached hydrogens (primary N) is 1. The topological polar surface area (TPSA) is 138 Å². The molecule has 0 aliphatic heterocycles. The molecule has 0 saturated heterocycles. The van der Waals surface area contributed by atoms with E-state index < -0.39 is 17.2 Å². The Morgan fingerprint density at radius 3 is 2.45 bits per heavy atom. The van der Waals surface area contributed by atoms with Crippen LogP contribution in [0.25, 0.3) is 11.0 Å². The number of carbonyl (C=O) groups excluding carboxylic acids is 2. The van der Waals surface area contributed by atoms with E-state index in [2.05, 4.69) is 10.3 Å². The van der Waals surface area contributed by atoms with Crippen LogP contribution in [0.15, 0.2) is 44.9 Å². The molecule has 2 amide bonds. The SMILES string of the molecule is COCc1cnc2c(c1SCC(=O)Nc1ccc(C(N)=O)cc1)c(=O)n(C)c(=O)n2C. The number of hydrogen-bond donors (Lipinski definition) is 2. The molecule has 11 heteroatoms. The molecule has 2 aromatic heterocycles. The average molecular weight is 443 g/mol. The van der Waals surface area contributed by atoms with Crippen molar-refractivity contribution >= 4 is 40.3 Å². The van der Waals surface area contributed by atoms with Gasteiger partial charge in [0.1, 0.15) is 5.65 Å². The van der Waals surface area contributed by atoms with E-state index in [9.17, 15) is 19.2 Å². The van der Waals surface area contributed by atoms with Gasteiger partial charge in [0.05, 0.1) is 17.7 Å². The minimum Gasteiger partial charge on any atom is -0.380 e. The summed E-state index contributed by atoms with van der Waals surface area (Å²) in [6, 6.07) is 6.18. The van der Waals surface area contributed by atoms with Crippen molar-refractivity contribution in [2.24, 2.45) is 19.8 Å². The molecule has 0 unspecified atom stereocenters. The summed E-state index contributed by atoms with van der Waals surface area (Å²) in [5.74, 6) is -0.870. The van der Waals surface area contributed by atoms with Crippen LogP contribution in [0.2, 0.25) is 0 Å². The Kier molecular flexibility index (Phi) is 6.56. The average Bonchev–Trinajstić information content (AvgIpc) is 2.75. The molecule has 0 radical (unpaired) electrons. The fourth-order valence-electron chi connectivity index (χ4n) is 3.02. The summed E-state index contributed by atoms with van der Waals surface area (Å²) in [6.07, 6.45) is 1.54. The molecule has 3 rings (SSSR count). The zero-order valence-electron chi connectivity index (χ0n) is 17.2. The number of carbonyl (C=O) groups is 2. The van der Waals surface area contributed by atoms with Crippen molar-refractivity contribution in [1.82, 2.24) is 14.1 Å². The lowest BCUT2D eigenvalue weighted by Crippen LogP contribution is -2.37. The van der Waals surface area contributed by atoms with Gasteiger partial charge in [-0.15, -0.1) is 11.8 Å². The van der Waals surface area contributed by atoms with E-state index in [1.807, 2.05) is 0 Å². The number of aryl methyl sites for hydroxylation is 1. The first-order chi connectivity index (χ1) is 14.7. The van der Waals surface area contributed by atoms with Crippen molar-refractivity contribution in [2.75, 3.05) is 18.2 Å². The standard InChI is InChI=1S/C20H21N5O5S/c1-24-18-15(19(28)25(2)20(24)29)16(12(8-22-18)9-30-3)31-10-14(26)23-13-6-4-11(5-7-13)17(21)27/h4-8H,9-10H2,1-3H3,(H2,21,27)(H,23,26). The summed E-state index contributed by atoms with van der Waals surface area (Å²) in [5.41, 5.74) is 5.94. The van der Waals surface area contributed by atoms with E-state index >= 15 is 0 Å². The van der Waals surface area contributed by atoms with Crippen molar-refractivity contribution in [1.29, 1.82) is 0 Å². The van der Waals surface area contributed by atoms with E-state index in [-0.39, 0.29) is 29.3 Å². The molecule has 0 fully saturated rings. The van der Waals surface area contributed by atoms with Gasteiger partial charge in [-0.2, -0.15) is 0 Å². The number of primary amides is 1. The van der Waals surface area contributed by atoms with Gasteiger partial charge in [-0.1, -0.05) is 0 Å². The molecule has 0 aliphatic carbocycles. The van der Waals surface area contributed by atoms with Crippen molar-refractivity contribution in [3.63, 3.8) is 0 Å². The third kappa shape index (κ3) is 4.52. The summed E-state index contributed by atoms with van der Waals surface area (Å²) in [7, 11) is 4.44. The van der Waals surface area contributed by atoms with Crippen LogP contribution in [0.5, 0.6) is 0 Å². The lowest BCUT2D eigenvalue weighted by atomic mass is 10.2. The second-order valence-corrected chi connectivity index (χ2v) is 7.71. The number of methoxy groups -OCH3 is 1. The molecular weight excluding hydrogens is 422 g/mol. The Hall–Kier alpha value is -3.44. The van der Waals surface area contributed by atoms with Crippen molar-refractivity contribution in [3.8, 4) is 0 Å². The summed E-state index contributed by atoms with van der Waals surface area (Å²) in [5, 5.41) is 2.98. The first kappa shape index (κ1) is 22.2. The third-order valence-electron chi connectivity index (χ3n) is 4.60. The molecule has 10 nitrogen and oxygen atoms in total. The van der Waals surface area contributed by atoms with Gasteiger partial charge >= 0.3 is 5.69 Å². The summed E-state index contributed by atoms with van der Waals surface area (Å²) in [6.45, 7) is 0.188. The molecule has 0 aliphatic rings. The Labute approximate surface area is 181 Å². The van der Waals surface area contributed by atoms with Crippen LogP contribution in [0.4, 0.5) is 5.69 Å². The van der Waals surface area contributed by atoms with E-state index in [1.165, 1.54) is 44.1 Å². The second-order valence-electron chi connectivity index (χ2n) is 6.73. The summed E-state index contributed by atoms with van der Waals surface area (Å²) in [4.78, 5) is 53.5. The second kappa shape index (κ2) is 9.14. The predicted octanol–water partition coefficient (Wildman–Crippen LogP) is 0.608. The molecule has 0 saturated carbocycles. The highest BCUT2D eigenvalue weighted by Crippen LogP contribution is 2.28. The minimum absolute atomic E-state index is 0.000602. The van der Waals surface area contributed by atoms with Crippen LogP contribution in [-0.2, 0) is 30.2 Å². The fraction of sp³-hybridized carbons (Fsp3) is 0.250. The minimum atomic E-state index is -0.556. The smallest absolute Gasteiger partial charge is 0.332 e. The molecule has 2 heterocycles. The maximum absolute atomic E-state index is 12.8. The number of rotatable bonds is 7. The molecule has 0 bridgehead atoms. The number of pyridine rings is 1. The predicted molar refractivity (Wildman–Crippen MR) is 117 cm³/mol. The number of fused-ring (bicyclic) bond motifs is 1. The Morgan fingerprint density at radius 1 is 1.16 bits per heavy atom. The number of nitrogens with zero attached hydrogens (tertiary/aromatic N) is 3. The monoisotopic (exact) mass is 443 g/mol. The molecule has 3 aromatic rings. The van der Waals surface area contributed by atoms with Crippen LogP contribution in [-0.4, -0.2) is 38.8 Å². The van der Waals surface area contributed by atoms with Gasteiger partial charge in [-0.25, -0.2) is 9.78 Å². The number of aromatic nitrogens is 3. The number of nitrogens with one attached hydrogen (secondary N) is 1.